The smallest absolute Gasteiger partial charge is 0.0534 e. The van der Waals surface area contributed by atoms with Gasteiger partial charge in [0.1, 0.15) is 0 Å². The molecule has 1 saturated heterocycles. The quantitative estimate of drug-likeness (QED) is 0.824. The van der Waals surface area contributed by atoms with Crippen LogP contribution in [-0.2, 0) is 10.3 Å². The maximum absolute atomic E-state index is 5.16. The van der Waals surface area contributed by atoms with E-state index in [-0.39, 0.29) is 5.54 Å². The van der Waals surface area contributed by atoms with Crippen molar-refractivity contribution < 1.29 is 4.74 Å². The Balaban J connectivity index is 2.03. The van der Waals surface area contributed by atoms with Gasteiger partial charge in [-0.3, -0.25) is 0 Å². The number of nitrogens with zero attached hydrogens (tertiary/aromatic N) is 1. The Morgan fingerprint density at radius 1 is 1.32 bits per heavy atom. The van der Waals surface area contributed by atoms with Crippen LogP contribution in [0.3, 0.4) is 0 Å². The minimum atomic E-state index is 0.0603. The first-order valence-corrected chi connectivity index (χ1v) is 7.26. The zero-order valence-electron chi connectivity index (χ0n) is 12.2. The molecule has 1 aliphatic heterocycles. The molecule has 3 heteroatoms. The van der Waals surface area contributed by atoms with Crippen molar-refractivity contribution in [1.82, 2.24) is 10.2 Å². The highest BCUT2D eigenvalue weighted by atomic mass is 16.5. The Bertz CT molecular complexity index is 368. The molecule has 1 N–H and O–H groups in total. The van der Waals surface area contributed by atoms with Gasteiger partial charge in [-0.1, -0.05) is 30.3 Å². The van der Waals surface area contributed by atoms with Gasteiger partial charge in [-0.05, 0) is 38.4 Å². The Morgan fingerprint density at radius 3 is 2.84 bits per heavy atom. The molecule has 0 aliphatic carbocycles. The van der Waals surface area contributed by atoms with E-state index in [1.54, 1.807) is 7.11 Å². The minimum Gasteiger partial charge on any atom is -0.385 e. The minimum absolute atomic E-state index is 0.0603. The zero-order valence-corrected chi connectivity index (χ0v) is 12.2. The maximum Gasteiger partial charge on any atom is 0.0534 e. The van der Waals surface area contributed by atoms with Crippen LogP contribution in [-0.4, -0.2) is 44.8 Å². The lowest BCUT2D eigenvalue weighted by molar-refractivity contribution is 0.161. The summed E-state index contributed by atoms with van der Waals surface area (Å²) in [7, 11) is 1.78. The SMILES string of the molecule is COCCCN1CCCNC(C)(c2ccccc2)C1. The molecule has 1 unspecified atom stereocenters. The monoisotopic (exact) mass is 262 g/mol. The van der Waals surface area contributed by atoms with Crippen molar-refractivity contribution in [3.05, 3.63) is 35.9 Å². The number of nitrogens with one attached hydrogen (secondary N) is 1. The van der Waals surface area contributed by atoms with Crippen LogP contribution in [0.4, 0.5) is 0 Å². The highest BCUT2D eigenvalue weighted by molar-refractivity contribution is 5.24. The molecule has 0 aromatic heterocycles. The second kappa shape index (κ2) is 7.04. The summed E-state index contributed by atoms with van der Waals surface area (Å²) in [5.74, 6) is 0. The van der Waals surface area contributed by atoms with Crippen LogP contribution in [0.2, 0.25) is 0 Å². The van der Waals surface area contributed by atoms with Crippen LogP contribution in [0.5, 0.6) is 0 Å². The van der Waals surface area contributed by atoms with E-state index in [0.717, 1.165) is 32.7 Å². The lowest BCUT2D eigenvalue weighted by Crippen LogP contribution is -2.46. The van der Waals surface area contributed by atoms with Crippen molar-refractivity contribution in [2.45, 2.75) is 25.3 Å². The standard InChI is InChI=1S/C16H26N2O/c1-16(15-8-4-3-5-9-15)14-18(11-6-10-17-16)12-7-13-19-2/h3-5,8-9,17H,6-7,10-14H2,1-2H3. The van der Waals surface area contributed by atoms with Crippen LogP contribution in [0.25, 0.3) is 0 Å². The van der Waals surface area contributed by atoms with Gasteiger partial charge >= 0.3 is 0 Å². The number of hydrogen-bond acceptors (Lipinski definition) is 3. The third-order valence-electron chi connectivity index (χ3n) is 3.94. The first-order chi connectivity index (χ1) is 9.24. The zero-order chi connectivity index (χ0) is 13.6. The Hall–Kier alpha value is -0.900. The predicted octanol–water partition coefficient (Wildman–Crippen LogP) is 2.23. The summed E-state index contributed by atoms with van der Waals surface area (Å²) in [5.41, 5.74) is 1.44. The summed E-state index contributed by atoms with van der Waals surface area (Å²) in [4.78, 5) is 2.56. The number of methoxy groups -OCH3 is 1. The fourth-order valence-electron chi connectivity index (χ4n) is 2.87. The van der Waals surface area contributed by atoms with E-state index in [2.05, 4.69) is 47.5 Å². The van der Waals surface area contributed by atoms with Gasteiger partial charge in [-0.2, -0.15) is 0 Å². The first kappa shape index (κ1) is 14.5. The van der Waals surface area contributed by atoms with Gasteiger partial charge < -0.3 is 15.0 Å². The van der Waals surface area contributed by atoms with E-state index in [4.69, 9.17) is 4.74 Å². The van der Waals surface area contributed by atoms with Crippen molar-refractivity contribution in [3.8, 4) is 0 Å². The van der Waals surface area contributed by atoms with Crippen molar-refractivity contribution >= 4 is 0 Å². The van der Waals surface area contributed by atoms with E-state index in [1.165, 1.54) is 18.5 Å². The van der Waals surface area contributed by atoms with Crippen LogP contribution in [0.15, 0.2) is 30.3 Å². The molecule has 1 aliphatic rings. The van der Waals surface area contributed by atoms with Crippen LogP contribution in [0.1, 0.15) is 25.3 Å². The molecule has 19 heavy (non-hydrogen) atoms. The average molecular weight is 262 g/mol. The average Bonchev–Trinajstić information content (AvgIpc) is 2.63. The van der Waals surface area contributed by atoms with Gasteiger partial charge in [0.25, 0.3) is 0 Å². The summed E-state index contributed by atoms with van der Waals surface area (Å²) in [6.07, 6.45) is 2.33. The molecule has 1 aromatic rings. The molecule has 1 fully saturated rings. The molecule has 106 valence electrons. The van der Waals surface area contributed by atoms with Crippen molar-refractivity contribution in [2.75, 3.05) is 39.9 Å². The third-order valence-corrected chi connectivity index (χ3v) is 3.94. The largest absolute Gasteiger partial charge is 0.385 e. The molecule has 0 amide bonds. The number of benzene rings is 1. The summed E-state index contributed by atoms with van der Waals surface area (Å²) in [6.45, 7) is 7.63. The molecule has 1 heterocycles. The Morgan fingerprint density at radius 2 is 2.11 bits per heavy atom. The Labute approximate surface area is 116 Å². The fraction of sp³-hybridized carbons (Fsp3) is 0.625. The third kappa shape index (κ3) is 4.03. The van der Waals surface area contributed by atoms with Gasteiger partial charge in [-0.15, -0.1) is 0 Å². The van der Waals surface area contributed by atoms with Crippen molar-refractivity contribution in [3.63, 3.8) is 0 Å². The predicted molar refractivity (Wildman–Crippen MR) is 79.3 cm³/mol. The lowest BCUT2D eigenvalue weighted by Gasteiger charge is -2.34. The molecule has 3 nitrogen and oxygen atoms in total. The fourth-order valence-corrected chi connectivity index (χ4v) is 2.87. The second-order valence-electron chi connectivity index (χ2n) is 5.60. The summed E-state index contributed by atoms with van der Waals surface area (Å²) >= 11 is 0. The first-order valence-electron chi connectivity index (χ1n) is 7.26. The summed E-state index contributed by atoms with van der Waals surface area (Å²) in [5, 5.41) is 3.72. The lowest BCUT2D eigenvalue weighted by atomic mass is 9.91. The van der Waals surface area contributed by atoms with Crippen molar-refractivity contribution in [2.24, 2.45) is 0 Å². The summed E-state index contributed by atoms with van der Waals surface area (Å²) in [6, 6.07) is 10.8. The molecule has 0 bridgehead atoms. The van der Waals surface area contributed by atoms with Crippen LogP contribution < -0.4 is 5.32 Å². The van der Waals surface area contributed by atoms with Crippen LogP contribution >= 0.6 is 0 Å². The van der Waals surface area contributed by atoms with E-state index in [1.807, 2.05) is 0 Å². The number of rotatable bonds is 5. The van der Waals surface area contributed by atoms with Gasteiger partial charge in [0.15, 0.2) is 0 Å². The van der Waals surface area contributed by atoms with E-state index in [0.29, 0.717) is 0 Å². The second-order valence-corrected chi connectivity index (χ2v) is 5.60. The molecule has 0 spiro atoms. The molecule has 0 radical (unpaired) electrons. The number of hydrogen-bond donors (Lipinski definition) is 1. The van der Waals surface area contributed by atoms with E-state index >= 15 is 0 Å². The van der Waals surface area contributed by atoms with Gasteiger partial charge in [-0.25, -0.2) is 0 Å². The van der Waals surface area contributed by atoms with Gasteiger partial charge in [0.05, 0.1) is 5.54 Å². The van der Waals surface area contributed by atoms with E-state index in [9.17, 15) is 0 Å². The Kier molecular flexibility index (Phi) is 5.37. The molecular formula is C16H26N2O. The number of ether oxygens (including phenoxy) is 1. The topological polar surface area (TPSA) is 24.5 Å². The highest BCUT2D eigenvalue weighted by Crippen LogP contribution is 2.24. The molecule has 1 aromatic carbocycles. The van der Waals surface area contributed by atoms with E-state index < -0.39 is 0 Å². The molecule has 1 atom stereocenters. The maximum atomic E-state index is 5.16. The van der Waals surface area contributed by atoms with Crippen molar-refractivity contribution in [1.29, 1.82) is 0 Å². The normalized spacial score (nSPS) is 25.2. The van der Waals surface area contributed by atoms with Gasteiger partial charge in [0.2, 0.25) is 0 Å². The summed E-state index contributed by atoms with van der Waals surface area (Å²) < 4.78 is 5.16. The van der Waals surface area contributed by atoms with Crippen LogP contribution in [0, 0.1) is 0 Å². The molecule has 0 saturated carbocycles. The molecular weight excluding hydrogens is 236 g/mol. The highest BCUT2D eigenvalue weighted by Gasteiger charge is 2.30. The molecule has 2 rings (SSSR count). The van der Waals surface area contributed by atoms with Gasteiger partial charge in [0, 0.05) is 26.8 Å².